The summed E-state index contributed by atoms with van der Waals surface area (Å²) in [5.41, 5.74) is 9.48. The normalized spacial score (nSPS) is 13.7. The Morgan fingerprint density at radius 1 is 1.29 bits per heavy atom. The lowest BCUT2D eigenvalue weighted by molar-refractivity contribution is 0.0602. The summed E-state index contributed by atoms with van der Waals surface area (Å²) in [6.45, 7) is 1.58. The van der Waals surface area contributed by atoms with Gasteiger partial charge in [0.05, 0.1) is 18.4 Å². The molecule has 108 valence electrons. The molecule has 21 heavy (non-hydrogen) atoms. The molecule has 0 bridgehead atoms. The van der Waals surface area contributed by atoms with E-state index in [1.54, 1.807) is 12.3 Å². The van der Waals surface area contributed by atoms with Crippen LogP contribution in [0.1, 0.15) is 21.5 Å². The Balaban J connectivity index is 1.94. The second kappa shape index (κ2) is 5.44. The summed E-state index contributed by atoms with van der Waals surface area (Å²) in [6, 6.07) is 9.93. The van der Waals surface area contributed by atoms with E-state index in [-0.39, 0.29) is 0 Å². The molecule has 0 aliphatic carbocycles. The van der Waals surface area contributed by atoms with Crippen LogP contribution in [-0.2, 0) is 17.7 Å². The van der Waals surface area contributed by atoms with Crippen LogP contribution in [0.5, 0.6) is 0 Å². The molecular formula is C16H17N3O2. The van der Waals surface area contributed by atoms with E-state index in [1.165, 1.54) is 18.2 Å². The molecule has 0 spiro atoms. The van der Waals surface area contributed by atoms with Crippen LogP contribution in [0, 0.1) is 0 Å². The number of nitrogens with two attached hydrogens (primary N) is 1. The van der Waals surface area contributed by atoms with Crippen molar-refractivity contribution in [3.8, 4) is 0 Å². The number of carbonyl (C=O) groups is 1. The van der Waals surface area contributed by atoms with Gasteiger partial charge in [-0.3, -0.25) is 0 Å². The van der Waals surface area contributed by atoms with Crippen LogP contribution < -0.4 is 10.6 Å². The number of anilines is 2. The number of aromatic nitrogens is 1. The number of fused-ring (bicyclic) bond motifs is 1. The topological polar surface area (TPSA) is 68.5 Å². The number of pyridine rings is 1. The molecule has 1 aliphatic heterocycles. The van der Waals surface area contributed by atoms with Crippen LogP contribution in [0.15, 0.2) is 36.5 Å². The number of hydrogen-bond acceptors (Lipinski definition) is 5. The number of rotatable bonds is 2. The average Bonchev–Trinajstić information content (AvgIpc) is 2.54. The van der Waals surface area contributed by atoms with Crippen LogP contribution in [0.2, 0.25) is 0 Å². The lowest BCUT2D eigenvalue weighted by atomic mass is 10.00. The van der Waals surface area contributed by atoms with Crippen LogP contribution in [0.4, 0.5) is 11.5 Å². The third-order valence-electron chi connectivity index (χ3n) is 3.80. The maximum atomic E-state index is 11.7. The van der Waals surface area contributed by atoms with Crippen LogP contribution in [0.25, 0.3) is 0 Å². The van der Waals surface area contributed by atoms with E-state index in [1.807, 2.05) is 6.07 Å². The summed E-state index contributed by atoms with van der Waals surface area (Å²) >= 11 is 0. The van der Waals surface area contributed by atoms with Crippen LogP contribution >= 0.6 is 0 Å². The molecule has 1 aromatic carbocycles. The minimum Gasteiger partial charge on any atom is -0.465 e. The Kier molecular flexibility index (Phi) is 3.48. The number of benzene rings is 1. The van der Waals surface area contributed by atoms with Gasteiger partial charge in [-0.15, -0.1) is 0 Å². The molecule has 0 unspecified atom stereocenters. The van der Waals surface area contributed by atoms with E-state index >= 15 is 0 Å². The minimum atomic E-state index is -0.437. The molecule has 0 saturated heterocycles. The van der Waals surface area contributed by atoms with Gasteiger partial charge in [0.25, 0.3) is 0 Å². The second-order valence-corrected chi connectivity index (χ2v) is 5.03. The molecule has 1 aromatic heterocycles. The predicted molar refractivity (Wildman–Crippen MR) is 81.2 cm³/mol. The summed E-state index contributed by atoms with van der Waals surface area (Å²) in [5, 5.41) is 0. The molecule has 0 saturated carbocycles. The first kappa shape index (κ1) is 13.4. The van der Waals surface area contributed by atoms with E-state index in [0.29, 0.717) is 17.1 Å². The molecule has 0 fully saturated rings. The monoisotopic (exact) mass is 283 g/mol. The first-order valence-electron chi connectivity index (χ1n) is 6.85. The Morgan fingerprint density at radius 3 is 2.81 bits per heavy atom. The van der Waals surface area contributed by atoms with Crippen molar-refractivity contribution >= 4 is 17.5 Å². The molecule has 3 rings (SSSR count). The Bertz CT molecular complexity index is 685. The van der Waals surface area contributed by atoms with E-state index < -0.39 is 5.97 Å². The number of carbonyl (C=O) groups excluding carboxylic acids is 1. The summed E-state index contributed by atoms with van der Waals surface area (Å²) < 4.78 is 4.75. The minimum absolute atomic E-state index is 0.362. The van der Waals surface area contributed by atoms with E-state index in [9.17, 15) is 4.79 Å². The van der Waals surface area contributed by atoms with Gasteiger partial charge in [-0.05, 0) is 23.6 Å². The third-order valence-corrected chi connectivity index (χ3v) is 3.80. The zero-order chi connectivity index (χ0) is 14.8. The van der Waals surface area contributed by atoms with Gasteiger partial charge in [0.2, 0.25) is 0 Å². The Morgan fingerprint density at radius 2 is 2.05 bits per heavy atom. The first-order chi connectivity index (χ1) is 10.2. The molecule has 0 radical (unpaired) electrons. The van der Waals surface area contributed by atoms with Crippen molar-refractivity contribution in [1.82, 2.24) is 4.98 Å². The number of esters is 1. The molecule has 2 aromatic rings. The zero-order valence-electron chi connectivity index (χ0n) is 11.9. The molecule has 5 nitrogen and oxygen atoms in total. The molecule has 0 atom stereocenters. The van der Waals surface area contributed by atoms with Crippen LogP contribution in [-0.4, -0.2) is 24.6 Å². The molecule has 2 heterocycles. The van der Waals surface area contributed by atoms with Gasteiger partial charge < -0.3 is 15.4 Å². The highest BCUT2D eigenvalue weighted by Crippen LogP contribution is 2.29. The van der Waals surface area contributed by atoms with Gasteiger partial charge in [0.1, 0.15) is 0 Å². The maximum absolute atomic E-state index is 11.7. The molecule has 1 aliphatic rings. The van der Waals surface area contributed by atoms with E-state index in [2.05, 4.69) is 28.1 Å². The standard InChI is InChI=1S/C16H17N3O2/c1-21-16(20)13-6-8-18-15(14(13)17)19-9-7-11-4-2-3-5-12(11)10-19/h2-6,8H,7,9-10,17H2,1H3. The van der Waals surface area contributed by atoms with Gasteiger partial charge in [-0.25, -0.2) is 9.78 Å². The number of methoxy groups -OCH3 is 1. The summed E-state index contributed by atoms with van der Waals surface area (Å²) in [5.74, 6) is 0.209. The van der Waals surface area contributed by atoms with Crippen molar-refractivity contribution in [2.45, 2.75) is 13.0 Å². The fourth-order valence-electron chi connectivity index (χ4n) is 2.68. The van der Waals surface area contributed by atoms with Gasteiger partial charge in [-0.1, -0.05) is 24.3 Å². The molecule has 2 N–H and O–H groups in total. The quantitative estimate of drug-likeness (QED) is 0.854. The third kappa shape index (κ3) is 2.42. The lowest BCUT2D eigenvalue weighted by Crippen LogP contribution is -2.32. The zero-order valence-corrected chi connectivity index (χ0v) is 11.9. The van der Waals surface area contributed by atoms with Crippen molar-refractivity contribution in [1.29, 1.82) is 0 Å². The molecule has 5 heteroatoms. The number of nitrogen functional groups attached to an aromatic ring is 1. The van der Waals surface area contributed by atoms with Crippen molar-refractivity contribution in [3.63, 3.8) is 0 Å². The van der Waals surface area contributed by atoms with Gasteiger partial charge >= 0.3 is 5.97 Å². The Hall–Kier alpha value is -2.56. The summed E-state index contributed by atoms with van der Waals surface area (Å²) in [7, 11) is 1.35. The average molecular weight is 283 g/mol. The largest absolute Gasteiger partial charge is 0.465 e. The fraction of sp³-hybridized carbons (Fsp3) is 0.250. The Labute approximate surface area is 123 Å². The molecule has 0 amide bonds. The number of ether oxygens (including phenoxy) is 1. The summed E-state index contributed by atoms with van der Waals surface area (Å²) in [4.78, 5) is 18.2. The van der Waals surface area contributed by atoms with Gasteiger partial charge in [0.15, 0.2) is 5.82 Å². The van der Waals surface area contributed by atoms with Crippen molar-refractivity contribution in [2.75, 3.05) is 24.3 Å². The van der Waals surface area contributed by atoms with Crippen LogP contribution in [0.3, 0.4) is 0 Å². The van der Waals surface area contributed by atoms with E-state index in [4.69, 9.17) is 10.5 Å². The smallest absolute Gasteiger partial charge is 0.340 e. The number of hydrogen-bond donors (Lipinski definition) is 1. The first-order valence-corrected chi connectivity index (χ1v) is 6.85. The van der Waals surface area contributed by atoms with Crippen molar-refractivity contribution in [2.24, 2.45) is 0 Å². The molecular weight excluding hydrogens is 266 g/mol. The lowest BCUT2D eigenvalue weighted by Gasteiger charge is -2.30. The highest BCUT2D eigenvalue weighted by molar-refractivity contribution is 5.97. The highest BCUT2D eigenvalue weighted by atomic mass is 16.5. The number of nitrogens with zero attached hydrogens (tertiary/aromatic N) is 2. The van der Waals surface area contributed by atoms with Crippen molar-refractivity contribution < 1.29 is 9.53 Å². The summed E-state index contributed by atoms with van der Waals surface area (Å²) in [6.07, 6.45) is 2.54. The van der Waals surface area contributed by atoms with Crippen molar-refractivity contribution in [3.05, 3.63) is 53.2 Å². The SMILES string of the molecule is COC(=O)c1ccnc(N2CCc3ccccc3C2)c1N. The maximum Gasteiger partial charge on any atom is 0.340 e. The second-order valence-electron chi connectivity index (χ2n) is 5.03. The fourth-order valence-corrected chi connectivity index (χ4v) is 2.68. The van der Waals surface area contributed by atoms with E-state index in [0.717, 1.165) is 19.5 Å². The van der Waals surface area contributed by atoms with Gasteiger partial charge in [0, 0.05) is 19.3 Å². The predicted octanol–water partition coefficient (Wildman–Crippen LogP) is 2.01. The van der Waals surface area contributed by atoms with Gasteiger partial charge in [-0.2, -0.15) is 0 Å². The highest BCUT2D eigenvalue weighted by Gasteiger charge is 2.22.